The van der Waals surface area contributed by atoms with Gasteiger partial charge in [-0.05, 0) is 36.4 Å². The lowest BCUT2D eigenvalue weighted by Gasteiger charge is -2.38. The number of hydrogen-bond acceptors (Lipinski definition) is 5. The third kappa shape index (κ3) is 4.47. The van der Waals surface area contributed by atoms with Gasteiger partial charge in [0.2, 0.25) is 0 Å². The zero-order valence-corrected chi connectivity index (χ0v) is 19.8. The van der Waals surface area contributed by atoms with Crippen molar-refractivity contribution < 1.29 is 22.7 Å². The maximum atomic E-state index is 13.0. The molecule has 2 fully saturated rings. The molecule has 2 saturated heterocycles. The fourth-order valence-corrected chi connectivity index (χ4v) is 5.05. The molecule has 37 heavy (non-hydrogen) atoms. The van der Waals surface area contributed by atoms with Gasteiger partial charge in [-0.15, -0.1) is 0 Å². The zero-order chi connectivity index (χ0) is 25.6. The fraction of sp³-hybridized carbons (Fsp3) is 0.296. The van der Waals surface area contributed by atoms with Crippen molar-refractivity contribution in [2.24, 2.45) is 0 Å². The van der Waals surface area contributed by atoms with E-state index in [2.05, 4.69) is 19.9 Å². The number of allylic oxidation sites excluding steroid dienone is 5. The Hall–Kier alpha value is -4.08. The molecule has 0 bridgehead atoms. The molecule has 6 rings (SSSR count). The van der Waals surface area contributed by atoms with Crippen molar-refractivity contribution >= 4 is 22.9 Å². The minimum absolute atomic E-state index is 0.293. The highest BCUT2D eigenvalue weighted by Gasteiger charge is 2.48. The summed E-state index contributed by atoms with van der Waals surface area (Å²) in [5.74, 6) is 1.25. The maximum Gasteiger partial charge on any atom is 0.416 e. The third-order valence-corrected chi connectivity index (χ3v) is 7.12. The number of fused-ring (bicyclic) bond motifs is 1. The number of nitrogens with zero attached hydrogens (tertiary/aromatic N) is 4. The summed E-state index contributed by atoms with van der Waals surface area (Å²) in [6.07, 6.45) is 8.87. The SMILES string of the molecule is O=C1OC2(CCN(c3ccc(-c4nc5ccc(C(F)(F)F)cc5[nH]4)cn3)CC2)CN1C1=CC=CC=CC1. The number of piperidine rings is 1. The molecule has 0 atom stereocenters. The van der Waals surface area contributed by atoms with Crippen LogP contribution in [0.1, 0.15) is 24.8 Å². The number of aromatic nitrogens is 3. The first-order valence-corrected chi connectivity index (χ1v) is 12.1. The standard InChI is InChI=1S/C27H24F3N5O2/c28-27(29,30)19-8-9-21-22(15-19)33-24(32-21)18-7-10-23(31-16-18)34-13-11-26(12-14-34)17-35(25(36)37-26)20-5-3-1-2-4-6-20/h1-5,7-10,15-16H,6,11-14,17H2,(H,32,33). The second-order valence-electron chi connectivity index (χ2n) is 9.52. The average Bonchev–Trinajstić information content (AvgIpc) is 3.33. The number of ether oxygens (including phenoxy) is 1. The van der Waals surface area contributed by atoms with Gasteiger partial charge in [0.25, 0.3) is 0 Å². The van der Waals surface area contributed by atoms with Gasteiger partial charge in [0.05, 0.1) is 23.1 Å². The van der Waals surface area contributed by atoms with Crippen LogP contribution in [0.5, 0.6) is 0 Å². The van der Waals surface area contributed by atoms with Crippen molar-refractivity contribution in [3.63, 3.8) is 0 Å². The molecule has 2 aromatic heterocycles. The number of benzene rings is 1. The smallest absolute Gasteiger partial charge is 0.416 e. The number of hydrogen-bond donors (Lipinski definition) is 1. The molecule has 1 N–H and O–H groups in total. The second kappa shape index (κ2) is 8.79. The third-order valence-electron chi connectivity index (χ3n) is 7.12. The molecule has 1 amide bonds. The summed E-state index contributed by atoms with van der Waals surface area (Å²) in [6.45, 7) is 1.93. The van der Waals surface area contributed by atoms with Crippen molar-refractivity contribution in [1.29, 1.82) is 0 Å². The lowest BCUT2D eigenvalue weighted by molar-refractivity contribution is -0.137. The summed E-state index contributed by atoms with van der Waals surface area (Å²) < 4.78 is 44.9. The van der Waals surface area contributed by atoms with Crippen LogP contribution in [0.2, 0.25) is 0 Å². The largest absolute Gasteiger partial charge is 0.440 e. The molecular weight excluding hydrogens is 483 g/mol. The maximum absolute atomic E-state index is 13.0. The average molecular weight is 508 g/mol. The van der Waals surface area contributed by atoms with Crippen molar-refractivity contribution in [1.82, 2.24) is 19.9 Å². The van der Waals surface area contributed by atoms with Crippen molar-refractivity contribution in [2.45, 2.75) is 31.0 Å². The van der Waals surface area contributed by atoms with E-state index in [1.165, 1.54) is 6.07 Å². The molecule has 4 heterocycles. The highest BCUT2D eigenvalue weighted by molar-refractivity contribution is 5.80. The topological polar surface area (TPSA) is 74.3 Å². The molecule has 0 radical (unpaired) electrons. The molecule has 1 aliphatic carbocycles. The van der Waals surface area contributed by atoms with Crippen molar-refractivity contribution in [2.75, 3.05) is 24.5 Å². The van der Waals surface area contributed by atoms with E-state index in [1.807, 2.05) is 42.5 Å². The van der Waals surface area contributed by atoms with E-state index in [1.54, 1.807) is 11.1 Å². The van der Waals surface area contributed by atoms with Crippen LogP contribution in [0.25, 0.3) is 22.4 Å². The van der Waals surface area contributed by atoms with Crippen LogP contribution in [0, 0.1) is 0 Å². The zero-order valence-electron chi connectivity index (χ0n) is 19.8. The summed E-state index contributed by atoms with van der Waals surface area (Å²) in [6, 6.07) is 7.18. The molecule has 3 aromatic rings. The molecule has 10 heteroatoms. The number of nitrogens with one attached hydrogen (secondary N) is 1. The number of H-pyrrole nitrogens is 1. The molecular formula is C27H24F3N5O2. The molecule has 7 nitrogen and oxygen atoms in total. The van der Waals surface area contributed by atoms with Crippen LogP contribution in [0.4, 0.5) is 23.8 Å². The van der Waals surface area contributed by atoms with Crippen LogP contribution in [-0.2, 0) is 10.9 Å². The molecule has 1 spiro atoms. The van der Waals surface area contributed by atoms with Crippen LogP contribution >= 0.6 is 0 Å². The molecule has 3 aliphatic rings. The van der Waals surface area contributed by atoms with Crippen molar-refractivity contribution in [3.8, 4) is 11.4 Å². The van der Waals surface area contributed by atoms with E-state index < -0.39 is 17.3 Å². The van der Waals surface area contributed by atoms with Gasteiger partial charge in [-0.3, -0.25) is 4.90 Å². The Kier molecular flexibility index (Phi) is 5.54. The number of imidazole rings is 1. The Bertz CT molecular complexity index is 1430. The first-order chi connectivity index (χ1) is 17.8. The number of pyridine rings is 1. The second-order valence-corrected chi connectivity index (χ2v) is 9.52. The summed E-state index contributed by atoms with van der Waals surface area (Å²) in [5.41, 5.74) is 1.18. The molecule has 1 aromatic carbocycles. The molecule has 0 unspecified atom stereocenters. The minimum atomic E-state index is -4.41. The Balaban J connectivity index is 1.13. The first kappa shape index (κ1) is 23.3. The highest BCUT2D eigenvalue weighted by Crippen LogP contribution is 2.37. The fourth-order valence-electron chi connectivity index (χ4n) is 5.05. The summed E-state index contributed by atoms with van der Waals surface area (Å²) >= 11 is 0. The van der Waals surface area contributed by atoms with E-state index in [9.17, 15) is 18.0 Å². The lowest BCUT2D eigenvalue weighted by Crippen LogP contribution is -2.47. The van der Waals surface area contributed by atoms with Gasteiger partial charge >= 0.3 is 12.3 Å². The summed E-state index contributed by atoms with van der Waals surface area (Å²) in [5, 5.41) is 0. The number of amides is 1. The van der Waals surface area contributed by atoms with Gasteiger partial charge in [0.1, 0.15) is 17.2 Å². The number of anilines is 1. The van der Waals surface area contributed by atoms with Crippen LogP contribution < -0.4 is 4.90 Å². The van der Waals surface area contributed by atoms with Gasteiger partial charge in [-0.25, -0.2) is 14.8 Å². The minimum Gasteiger partial charge on any atom is -0.440 e. The normalized spacial score (nSPS) is 19.4. The number of carbonyl (C=O) groups excluding carboxylic acids is 1. The van der Waals surface area contributed by atoms with Gasteiger partial charge in [0.15, 0.2) is 0 Å². The Morgan fingerprint density at radius 1 is 1.05 bits per heavy atom. The Morgan fingerprint density at radius 3 is 2.65 bits per heavy atom. The van der Waals surface area contributed by atoms with Crippen LogP contribution in [0.3, 0.4) is 0 Å². The van der Waals surface area contributed by atoms with Gasteiger partial charge < -0.3 is 14.6 Å². The number of alkyl halides is 3. The number of halogens is 3. The van der Waals surface area contributed by atoms with E-state index in [4.69, 9.17) is 4.74 Å². The molecule has 2 aliphatic heterocycles. The van der Waals surface area contributed by atoms with Crippen LogP contribution in [-0.4, -0.2) is 51.2 Å². The first-order valence-electron chi connectivity index (χ1n) is 12.1. The highest BCUT2D eigenvalue weighted by atomic mass is 19.4. The predicted molar refractivity (Wildman–Crippen MR) is 133 cm³/mol. The van der Waals surface area contributed by atoms with Gasteiger partial charge in [0, 0.05) is 49.8 Å². The lowest BCUT2D eigenvalue weighted by atomic mass is 9.91. The van der Waals surface area contributed by atoms with E-state index >= 15 is 0 Å². The van der Waals surface area contributed by atoms with Crippen molar-refractivity contribution in [3.05, 3.63) is 78.2 Å². The number of aromatic amines is 1. The summed E-state index contributed by atoms with van der Waals surface area (Å²) in [4.78, 5) is 28.5. The number of carbonyl (C=O) groups is 1. The van der Waals surface area contributed by atoms with Gasteiger partial charge in [-0.2, -0.15) is 13.2 Å². The van der Waals surface area contributed by atoms with Gasteiger partial charge in [-0.1, -0.05) is 24.3 Å². The monoisotopic (exact) mass is 507 g/mol. The van der Waals surface area contributed by atoms with Crippen LogP contribution in [0.15, 0.2) is 72.6 Å². The van der Waals surface area contributed by atoms with E-state index in [-0.39, 0.29) is 6.09 Å². The number of rotatable bonds is 3. The van der Waals surface area contributed by atoms with E-state index in [0.717, 1.165) is 23.6 Å². The molecule has 190 valence electrons. The predicted octanol–water partition coefficient (Wildman–Crippen LogP) is 5.83. The quantitative estimate of drug-likeness (QED) is 0.483. The Labute approximate surface area is 210 Å². The summed E-state index contributed by atoms with van der Waals surface area (Å²) in [7, 11) is 0. The Morgan fingerprint density at radius 2 is 1.89 bits per heavy atom. The van der Waals surface area contributed by atoms with E-state index in [0.29, 0.717) is 61.3 Å². The molecule has 0 saturated carbocycles.